The van der Waals surface area contributed by atoms with E-state index in [-0.39, 0.29) is 5.91 Å². The Morgan fingerprint density at radius 2 is 2.06 bits per heavy atom. The molecule has 1 aliphatic rings. The predicted molar refractivity (Wildman–Crippen MR) is 68.8 cm³/mol. The molecular weight excluding hydrogens is 212 g/mol. The van der Waals surface area contributed by atoms with Gasteiger partial charge in [-0.15, -0.1) is 0 Å². The highest BCUT2D eigenvalue weighted by molar-refractivity contribution is 5.78. The van der Waals surface area contributed by atoms with Crippen molar-refractivity contribution < 1.29 is 4.79 Å². The zero-order valence-corrected chi connectivity index (χ0v) is 10.1. The quantitative estimate of drug-likeness (QED) is 0.829. The molecule has 1 atom stereocenters. The third-order valence-electron chi connectivity index (χ3n) is 3.15. The fourth-order valence-electron chi connectivity index (χ4n) is 2.22. The van der Waals surface area contributed by atoms with Crippen LogP contribution in [0.4, 0.5) is 0 Å². The SMILES string of the molecule is O=C(Cc1ccccc1)NC1CCCNCC1. The fourth-order valence-corrected chi connectivity index (χ4v) is 2.22. The largest absolute Gasteiger partial charge is 0.353 e. The molecule has 0 radical (unpaired) electrons. The molecule has 1 unspecified atom stereocenters. The van der Waals surface area contributed by atoms with Gasteiger partial charge in [0.05, 0.1) is 6.42 Å². The topological polar surface area (TPSA) is 41.1 Å². The van der Waals surface area contributed by atoms with Crippen molar-refractivity contribution in [2.45, 2.75) is 31.7 Å². The van der Waals surface area contributed by atoms with Gasteiger partial charge >= 0.3 is 0 Å². The molecule has 2 rings (SSSR count). The average Bonchev–Trinajstić information content (AvgIpc) is 2.59. The van der Waals surface area contributed by atoms with Gasteiger partial charge in [0.2, 0.25) is 5.91 Å². The summed E-state index contributed by atoms with van der Waals surface area (Å²) in [6.07, 6.45) is 3.77. The Morgan fingerprint density at radius 3 is 2.88 bits per heavy atom. The molecule has 3 heteroatoms. The molecule has 1 aromatic carbocycles. The van der Waals surface area contributed by atoms with E-state index in [0.717, 1.165) is 37.9 Å². The van der Waals surface area contributed by atoms with Crippen molar-refractivity contribution in [2.75, 3.05) is 13.1 Å². The number of nitrogens with one attached hydrogen (secondary N) is 2. The Labute approximate surface area is 103 Å². The van der Waals surface area contributed by atoms with Crippen LogP contribution >= 0.6 is 0 Å². The summed E-state index contributed by atoms with van der Waals surface area (Å²) in [5, 5.41) is 6.48. The molecule has 0 spiro atoms. The summed E-state index contributed by atoms with van der Waals surface area (Å²) >= 11 is 0. The monoisotopic (exact) mass is 232 g/mol. The molecule has 17 heavy (non-hydrogen) atoms. The van der Waals surface area contributed by atoms with Crippen LogP contribution in [0.2, 0.25) is 0 Å². The number of hydrogen-bond acceptors (Lipinski definition) is 2. The van der Waals surface area contributed by atoms with Crippen molar-refractivity contribution in [2.24, 2.45) is 0 Å². The van der Waals surface area contributed by atoms with E-state index < -0.39 is 0 Å². The van der Waals surface area contributed by atoms with Crippen LogP contribution in [0.25, 0.3) is 0 Å². The third-order valence-corrected chi connectivity index (χ3v) is 3.15. The van der Waals surface area contributed by atoms with E-state index >= 15 is 0 Å². The number of carbonyl (C=O) groups excluding carboxylic acids is 1. The Morgan fingerprint density at radius 1 is 1.24 bits per heavy atom. The molecule has 1 amide bonds. The molecule has 1 aliphatic heterocycles. The first-order valence-electron chi connectivity index (χ1n) is 6.38. The van der Waals surface area contributed by atoms with Crippen LogP contribution in [0.1, 0.15) is 24.8 Å². The lowest BCUT2D eigenvalue weighted by Gasteiger charge is -2.15. The van der Waals surface area contributed by atoms with Crippen LogP contribution in [0.15, 0.2) is 30.3 Å². The van der Waals surface area contributed by atoms with Crippen molar-refractivity contribution in [1.29, 1.82) is 0 Å². The maximum atomic E-state index is 11.9. The second-order valence-corrected chi connectivity index (χ2v) is 4.61. The zero-order valence-electron chi connectivity index (χ0n) is 10.1. The third kappa shape index (κ3) is 4.19. The summed E-state index contributed by atoms with van der Waals surface area (Å²) in [6.45, 7) is 2.08. The van der Waals surface area contributed by atoms with Gasteiger partial charge in [0.25, 0.3) is 0 Å². The second-order valence-electron chi connectivity index (χ2n) is 4.61. The lowest BCUT2D eigenvalue weighted by atomic mass is 10.1. The minimum absolute atomic E-state index is 0.142. The second kappa shape index (κ2) is 6.40. The van der Waals surface area contributed by atoms with E-state index in [1.807, 2.05) is 30.3 Å². The molecule has 0 saturated carbocycles. The van der Waals surface area contributed by atoms with Gasteiger partial charge in [-0.3, -0.25) is 4.79 Å². The summed E-state index contributed by atoms with van der Waals surface area (Å²) in [4.78, 5) is 11.9. The number of amides is 1. The van der Waals surface area contributed by atoms with Crippen LogP contribution in [-0.2, 0) is 11.2 Å². The lowest BCUT2D eigenvalue weighted by Crippen LogP contribution is -2.36. The van der Waals surface area contributed by atoms with Crippen molar-refractivity contribution in [3.8, 4) is 0 Å². The lowest BCUT2D eigenvalue weighted by molar-refractivity contribution is -0.121. The Hall–Kier alpha value is -1.35. The average molecular weight is 232 g/mol. The molecular formula is C14H20N2O. The number of carbonyl (C=O) groups is 1. The summed E-state index contributed by atoms with van der Waals surface area (Å²) in [6, 6.07) is 10.2. The van der Waals surface area contributed by atoms with Gasteiger partial charge in [0, 0.05) is 6.04 Å². The van der Waals surface area contributed by atoms with Gasteiger partial charge in [-0.2, -0.15) is 0 Å². The highest BCUT2D eigenvalue weighted by atomic mass is 16.1. The molecule has 1 heterocycles. The van der Waals surface area contributed by atoms with Crippen molar-refractivity contribution in [3.63, 3.8) is 0 Å². The Balaban J connectivity index is 1.80. The molecule has 92 valence electrons. The van der Waals surface area contributed by atoms with E-state index in [4.69, 9.17) is 0 Å². The summed E-state index contributed by atoms with van der Waals surface area (Å²) < 4.78 is 0. The van der Waals surface area contributed by atoms with E-state index in [1.165, 1.54) is 0 Å². The summed E-state index contributed by atoms with van der Waals surface area (Å²) in [5.74, 6) is 0.142. The van der Waals surface area contributed by atoms with Crippen molar-refractivity contribution in [1.82, 2.24) is 10.6 Å². The molecule has 0 bridgehead atoms. The van der Waals surface area contributed by atoms with Crippen LogP contribution in [0.3, 0.4) is 0 Å². The minimum Gasteiger partial charge on any atom is -0.353 e. The van der Waals surface area contributed by atoms with Crippen molar-refractivity contribution >= 4 is 5.91 Å². The van der Waals surface area contributed by atoms with Gasteiger partial charge in [0.15, 0.2) is 0 Å². The van der Waals surface area contributed by atoms with Gasteiger partial charge in [0.1, 0.15) is 0 Å². The van der Waals surface area contributed by atoms with Crippen LogP contribution in [0.5, 0.6) is 0 Å². The summed E-state index contributed by atoms with van der Waals surface area (Å²) in [5.41, 5.74) is 1.08. The van der Waals surface area contributed by atoms with E-state index in [2.05, 4.69) is 10.6 Å². The first-order chi connectivity index (χ1) is 8.34. The van der Waals surface area contributed by atoms with Gasteiger partial charge in [-0.1, -0.05) is 30.3 Å². The maximum Gasteiger partial charge on any atom is 0.224 e. The standard InChI is InChI=1S/C14H20N2O/c17-14(11-12-5-2-1-3-6-12)16-13-7-4-9-15-10-8-13/h1-3,5-6,13,15H,4,7-11H2,(H,16,17). The van der Waals surface area contributed by atoms with Gasteiger partial charge < -0.3 is 10.6 Å². The van der Waals surface area contributed by atoms with Gasteiger partial charge in [-0.05, 0) is 37.9 Å². The molecule has 1 fully saturated rings. The highest BCUT2D eigenvalue weighted by Gasteiger charge is 2.14. The smallest absolute Gasteiger partial charge is 0.224 e. The van der Waals surface area contributed by atoms with E-state index in [0.29, 0.717) is 12.5 Å². The summed E-state index contributed by atoms with van der Waals surface area (Å²) in [7, 11) is 0. The van der Waals surface area contributed by atoms with Crippen LogP contribution in [0, 0.1) is 0 Å². The zero-order chi connectivity index (χ0) is 11.9. The Bertz CT molecular complexity index is 342. The van der Waals surface area contributed by atoms with Gasteiger partial charge in [-0.25, -0.2) is 0 Å². The molecule has 1 aromatic rings. The van der Waals surface area contributed by atoms with Crippen molar-refractivity contribution in [3.05, 3.63) is 35.9 Å². The molecule has 3 nitrogen and oxygen atoms in total. The Kier molecular flexibility index (Phi) is 4.56. The van der Waals surface area contributed by atoms with Crippen LogP contribution < -0.4 is 10.6 Å². The number of benzene rings is 1. The molecule has 1 saturated heterocycles. The minimum atomic E-state index is 0.142. The van der Waals surface area contributed by atoms with Crippen LogP contribution in [-0.4, -0.2) is 25.0 Å². The number of hydrogen-bond donors (Lipinski definition) is 2. The molecule has 2 N–H and O–H groups in total. The first kappa shape index (κ1) is 12.1. The van der Waals surface area contributed by atoms with E-state index in [9.17, 15) is 4.79 Å². The fraction of sp³-hybridized carbons (Fsp3) is 0.500. The molecule has 0 aromatic heterocycles. The number of rotatable bonds is 3. The first-order valence-corrected chi connectivity index (χ1v) is 6.38. The molecule has 0 aliphatic carbocycles. The predicted octanol–water partition coefficient (Wildman–Crippen LogP) is 1.49. The maximum absolute atomic E-state index is 11.9. The highest BCUT2D eigenvalue weighted by Crippen LogP contribution is 2.06. The normalized spacial score (nSPS) is 20.6. The van der Waals surface area contributed by atoms with E-state index in [1.54, 1.807) is 0 Å².